The number of nitrogens with zero attached hydrogens (tertiary/aromatic N) is 1. The molecule has 0 aliphatic heterocycles. The minimum Gasteiger partial charge on any atom is -0.455 e. The number of benzene rings is 10. The second-order valence-electron chi connectivity index (χ2n) is 14.8. The molecule has 0 aliphatic carbocycles. The fourth-order valence-electron chi connectivity index (χ4n) is 8.94. The molecule has 12 aromatic rings. The monoisotopic (exact) mass is 743 g/mol. The van der Waals surface area contributed by atoms with Gasteiger partial charge in [-0.15, -0.1) is 11.3 Å². The van der Waals surface area contributed by atoms with Gasteiger partial charge in [-0.3, -0.25) is 0 Å². The zero-order valence-electron chi connectivity index (χ0n) is 30.8. The average molecular weight is 744 g/mol. The zero-order chi connectivity index (χ0) is 37.5. The lowest BCUT2D eigenvalue weighted by Crippen LogP contribution is -2.10. The molecule has 266 valence electrons. The van der Waals surface area contributed by atoms with Crippen molar-refractivity contribution in [1.82, 2.24) is 0 Å². The molecule has 0 amide bonds. The van der Waals surface area contributed by atoms with Gasteiger partial charge in [0.05, 0.1) is 11.1 Å². The average Bonchev–Trinajstić information content (AvgIpc) is 3.86. The Labute approximate surface area is 333 Å². The smallest absolute Gasteiger partial charge is 0.143 e. The van der Waals surface area contributed by atoms with Crippen LogP contribution in [0.3, 0.4) is 0 Å². The summed E-state index contributed by atoms with van der Waals surface area (Å²) in [5.41, 5.74) is 9.84. The summed E-state index contributed by atoms with van der Waals surface area (Å²) in [6.07, 6.45) is 0. The van der Waals surface area contributed by atoms with E-state index in [1.165, 1.54) is 69.4 Å². The van der Waals surface area contributed by atoms with Gasteiger partial charge in [-0.05, 0) is 110 Å². The molecule has 0 saturated carbocycles. The summed E-state index contributed by atoms with van der Waals surface area (Å²) in [5.74, 6) is 0. The van der Waals surface area contributed by atoms with Crippen molar-refractivity contribution in [2.45, 2.75) is 0 Å². The summed E-state index contributed by atoms with van der Waals surface area (Å²) < 4.78 is 9.32. The molecule has 0 saturated heterocycles. The second kappa shape index (κ2) is 12.7. The van der Waals surface area contributed by atoms with Crippen LogP contribution in [-0.4, -0.2) is 0 Å². The van der Waals surface area contributed by atoms with Crippen molar-refractivity contribution >= 4 is 103 Å². The molecule has 10 aromatic carbocycles. The molecule has 2 heterocycles. The van der Waals surface area contributed by atoms with Gasteiger partial charge in [-0.2, -0.15) is 0 Å². The molecule has 0 bridgehead atoms. The van der Waals surface area contributed by atoms with Crippen LogP contribution < -0.4 is 4.90 Å². The van der Waals surface area contributed by atoms with Gasteiger partial charge >= 0.3 is 0 Å². The zero-order valence-corrected chi connectivity index (χ0v) is 31.6. The van der Waals surface area contributed by atoms with Crippen LogP contribution in [0.15, 0.2) is 205 Å². The van der Waals surface area contributed by atoms with E-state index in [0.717, 1.165) is 44.4 Å². The molecule has 57 heavy (non-hydrogen) atoms. The van der Waals surface area contributed by atoms with Crippen molar-refractivity contribution < 1.29 is 4.42 Å². The number of hydrogen-bond donors (Lipinski definition) is 0. The predicted octanol–water partition coefficient (Wildman–Crippen LogP) is 16.2. The van der Waals surface area contributed by atoms with E-state index in [1.54, 1.807) is 0 Å². The first-order valence-electron chi connectivity index (χ1n) is 19.4. The molecular weight excluding hydrogens is 711 g/mol. The minimum atomic E-state index is 0.872. The van der Waals surface area contributed by atoms with Crippen LogP contribution in [-0.2, 0) is 0 Å². The van der Waals surface area contributed by atoms with E-state index in [2.05, 4.69) is 205 Å². The number of fused-ring (bicyclic) bond motifs is 11. The third-order valence-corrected chi connectivity index (χ3v) is 12.8. The van der Waals surface area contributed by atoms with Crippen molar-refractivity contribution in [3.63, 3.8) is 0 Å². The largest absolute Gasteiger partial charge is 0.455 e. The Morgan fingerprint density at radius 3 is 1.79 bits per heavy atom. The highest BCUT2D eigenvalue weighted by Crippen LogP contribution is 2.46. The highest BCUT2D eigenvalue weighted by molar-refractivity contribution is 7.25. The summed E-state index contributed by atoms with van der Waals surface area (Å²) in [4.78, 5) is 2.38. The Bertz CT molecular complexity index is 3520. The van der Waals surface area contributed by atoms with Crippen LogP contribution in [0.4, 0.5) is 17.1 Å². The van der Waals surface area contributed by atoms with Crippen LogP contribution in [0.25, 0.3) is 96.7 Å². The molecule has 0 atom stereocenters. The topological polar surface area (TPSA) is 16.4 Å². The Kier molecular flexibility index (Phi) is 7.13. The lowest BCUT2D eigenvalue weighted by Gasteiger charge is -2.27. The maximum atomic E-state index is 6.69. The molecule has 3 heteroatoms. The quantitative estimate of drug-likeness (QED) is 0.163. The lowest BCUT2D eigenvalue weighted by molar-refractivity contribution is 0.672. The van der Waals surface area contributed by atoms with Gasteiger partial charge in [0, 0.05) is 42.3 Å². The standard InChI is InChI=1S/C54H33NOS/c1-4-13-42-35(10-1)24-31-47-53-49(17-9-18-50(53)56-54(42)47)55(39-26-20-34(21-27-39)37-25-30-46-45-16-7-8-19-51(45)57-52(46)33-37)40-28-22-36(23-29-40)48-32-38-11-2-3-12-41(38)43-14-5-6-15-44(43)48/h1-33H. The van der Waals surface area contributed by atoms with E-state index in [1.807, 2.05) is 11.3 Å². The van der Waals surface area contributed by atoms with Gasteiger partial charge < -0.3 is 9.32 Å². The maximum Gasteiger partial charge on any atom is 0.143 e. The summed E-state index contributed by atoms with van der Waals surface area (Å²) in [7, 11) is 0. The van der Waals surface area contributed by atoms with E-state index in [9.17, 15) is 0 Å². The number of furan rings is 1. The number of thiophene rings is 1. The maximum absolute atomic E-state index is 6.69. The van der Waals surface area contributed by atoms with E-state index >= 15 is 0 Å². The normalized spacial score (nSPS) is 11.9. The Hall–Kier alpha value is -7.20. The highest BCUT2D eigenvalue weighted by atomic mass is 32.1. The van der Waals surface area contributed by atoms with Crippen LogP contribution in [0.2, 0.25) is 0 Å². The first-order valence-corrected chi connectivity index (χ1v) is 20.2. The Morgan fingerprint density at radius 1 is 0.368 bits per heavy atom. The summed E-state index contributed by atoms with van der Waals surface area (Å²) in [6, 6.07) is 72.7. The Morgan fingerprint density at radius 2 is 0.982 bits per heavy atom. The third-order valence-electron chi connectivity index (χ3n) is 11.6. The van der Waals surface area contributed by atoms with Gasteiger partial charge in [0.25, 0.3) is 0 Å². The fourth-order valence-corrected chi connectivity index (χ4v) is 10.1. The lowest BCUT2D eigenvalue weighted by atomic mass is 9.93. The molecule has 0 N–H and O–H groups in total. The van der Waals surface area contributed by atoms with Crippen molar-refractivity contribution in [3.8, 4) is 22.3 Å². The molecule has 0 spiro atoms. The molecule has 2 aromatic heterocycles. The van der Waals surface area contributed by atoms with Crippen LogP contribution in [0.1, 0.15) is 0 Å². The summed E-state index contributed by atoms with van der Waals surface area (Å²) in [5, 5.41) is 12.2. The van der Waals surface area contributed by atoms with Crippen LogP contribution in [0, 0.1) is 0 Å². The minimum absolute atomic E-state index is 0.872. The van der Waals surface area contributed by atoms with Crippen LogP contribution >= 0.6 is 11.3 Å². The van der Waals surface area contributed by atoms with E-state index in [-0.39, 0.29) is 0 Å². The highest BCUT2D eigenvalue weighted by Gasteiger charge is 2.21. The number of rotatable bonds is 5. The molecule has 0 fully saturated rings. The Balaban J connectivity index is 1.02. The van der Waals surface area contributed by atoms with Gasteiger partial charge in [0.2, 0.25) is 0 Å². The van der Waals surface area contributed by atoms with Gasteiger partial charge in [-0.25, -0.2) is 0 Å². The van der Waals surface area contributed by atoms with Crippen molar-refractivity contribution in [3.05, 3.63) is 200 Å². The van der Waals surface area contributed by atoms with Gasteiger partial charge in [-0.1, -0.05) is 140 Å². The molecule has 0 radical (unpaired) electrons. The third kappa shape index (κ3) is 5.10. The van der Waals surface area contributed by atoms with E-state index < -0.39 is 0 Å². The number of hydrogen-bond acceptors (Lipinski definition) is 3. The molecule has 2 nitrogen and oxygen atoms in total. The first-order chi connectivity index (χ1) is 28.2. The fraction of sp³-hybridized carbons (Fsp3) is 0. The summed E-state index contributed by atoms with van der Waals surface area (Å²) >= 11 is 1.86. The van der Waals surface area contributed by atoms with Crippen molar-refractivity contribution in [2.75, 3.05) is 4.90 Å². The van der Waals surface area contributed by atoms with Crippen molar-refractivity contribution in [2.24, 2.45) is 0 Å². The first kappa shape index (κ1) is 32.1. The van der Waals surface area contributed by atoms with Crippen molar-refractivity contribution in [1.29, 1.82) is 0 Å². The predicted molar refractivity (Wildman–Crippen MR) is 245 cm³/mol. The molecule has 0 unspecified atom stereocenters. The molecule has 0 aliphatic rings. The van der Waals surface area contributed by atoms with E-state index in [4.69, 9.17) is 4.42 Å². The molecular formula is C54H33NOS. The summed E-state index contributed by atoms with van der Waals surface area (Å²) in [6.45, 7) is 0. The van der Waals surface area contributed by atoms with Gasteiger partial charge in [0.15, 0.2) is 0 Å². The van der Waals surface area contributed by atoms with Crippen LogP contribution in [0.5, 0.6) is 0 Å². The SMILES string of the molecule is c1ccc2c(c1)cc(-c1ccc(N(c3ccc(-c4ccc5c(c4)sc4ccccc45)cc3)c3cccc4oc5c6ccccc6ccc5c34)cc1)c1ccccc12. The number of anilines is 3. The molecule has 12 rings (SSSR count). The van der Waals surface area contributed by atoms with E-state index in [0.29, 0.717) is 0 Å². The second-order valence-corrected chi connectivity index (χ2v) is 15.9. The van der Waals surface area contributed by atoms with Gasteiger partial charge in [0.1, 0.15) is 11.2 Å².